The lowest BCUT2D eigenvalue weighted by Crippen LogP contribution is -2.23. The summed E-state index contributed by atoms with van der Waals surface area (Å²) in [4.78, 5) is 19.8. The van der Waals surface area contributed by atoms with Crippen molar-refractivity contribution in [3.8, 4) is 0 Å². The predicted octanol–water partition coefficient (Wildman–Crippen LogP) is 1.64. The number of anilines is 1. The second-order valence-electron chi connectivity index (χ2n) is 3.59. The molecule has 18 heavy (non-hydrogen) atoms. The number of aromatic nitrogens is 2. The third-order valence-corrected chi connectivity index (χ3v) is 2.58. The van der Waals surface area contributed by atoms with Crippen molar-refractivity contribution >= 4 is 23.3 Å². The van der Waals surface area contributed by atoms with Gasteiger partial charge in [0.1, 0.15) is 5.82 Å². The van der Waals surface area contributed by atoms with E-state index >= 15 is 0 Å². The second-order valence-corrected chi connectivity index (χ2v) is 4.00. The lowest BCUT2D eigenvalue weighted by atomic mass is 10.2. The van der Waals surface area contributed by atoms with E-state index in [-0.39, 0.29) is 16.7 Å². The Morgan fingerprint density at radius 1 is 1.39 bits per heavy atom. The summed E-state index contributed by atoms with van der Waals surface area (Å²) in [5.41, 5.74) is 6.58. The molecular weight excluding hydrogens is 252 g/mol. The van der Waals surface area contributed by atoms with E-state index in [2.05, 4.69) is 15.3 Å². The number of amides is 1. The lowest BCUT2D eigenvalue weighted by Gasteiger charge is -2.06. The number of nitrogens with zero attached hydrogens (tertiary/aromatic N) is 2. The van der Waals surface area contributed by atoms with Gasteiger partial charge in [-0.15, -0.1) is 0 Å². The highest BCUT2D eigenvalue weighted by Gasteiger charge is 2.11. The molecule has 1 amide bonds. The van der Waals surface area contributed by atoms with Crippen LogP contribution in [0.2, 0.25) is 5.02 Å². The van der Waals surface area contributed by atoms with Crippen LogP contribution >= 0.6 is 11.6 Å². The molecule has 92 valence electrons. The molecule has 2 heterocycles. The van der Waals surface area contributed by atoms with E-state index in [1.807, 2.05) is 18.2 Å². The Balaban J connectivity index is 2.06. The maximum atomic E-state index is 11.9. The fraction of sp³-hybridized carbons (Fsp3) is 0.0833. The molecular formula is C12H11ClN4O. The molecule has 0 bridgehead atoms. The first-order valence-corrected chi connectivity index (χ1v) is 5.64. The van der Waals surface area contributed by atoms with Crippen molar-refractivity contribution in [3.05, 3.63) is 52.9 Å². The molecule has 5 nitrogen and oxygen atoms in total. The number of nitrogen functional groups attached to an aromatic ring is 1. The summed E-state index contributed by atoms with van der Waals surface area (Å²) in [7, 11) is 0. The molecule has 0 unspecified atom stereocenters. The summed E-state index contributed by atoms with van der Waals surface area (Å²) < 4.78 is 0. The minimum absolute atomic E-state index is 0.252. The number of rotatable bonds is 3. The Labute approximate surface area is 109 Å². The minimum atomic E-state index is -0.306. The molecule has 0 aliphatic heterocycles. The molecule has 0 aliphatic rings. The van der Waals surface area contributed by atoms with Gasteiger partial charge in [-0.05, 0) is 18.2 Å². The van der Waals surface area contributed by atoms with Gasteiger partial charge < -0.3 is 11.1 Å². The quantitative estimate of drug-likeness (QED) is 0.881. The smallest absolute Gasteiger partial charge is 0.253 e. The number of nitrogens with one attached hydrogen (secondary N) is 1. The number of hydrogen-bond acceptors (Lipinski definition) is 4. The van der Waals surface area contributed by atoms with Crippen LogP contribution in [0.1, 0.15) is 16.1 Å². The predicted molar refractivity (Wildman–Crippen MR) is 69.1 cm³/mol. The van der Waals surface area contributed by atoms with E-state index in [9.17, 15) is 4.79 Å². The Bertz CT molecular complexity index is 559. The zero-order chi connectivity index (χ0) is 13.0. The zero-order valence-electron chi connectivity index (χ0n) is 9.43. The average molecular weight is 263 g/mol. The Hall–Kier alpha value is -2.14. The number of carbonyl (C=O) groups is 1. The van der Waals surface area contributed by atoms with Crippen LogP contribution in [-0.4, -0.2) is 15.9 Å². The summed E-state index contributed by atoms with van der Waals surface area (Å²) in [5.74, 6) is -0.0536. The van der Waals surface area contributed by atoms with Crippen molar-refractivity contribution in [3.63, 3.8) is 0 Å². The molecule has 0 saturated carbocycles. The summed E-state index contributed by atoms with van der Waals surface area (Å²) in [6.45, 7) is 0.332. The maximum Gasteiger partial charge on any atom is 0.253 e. The molecule has 2 aromatic heterocycles. The van der Waals surface area contributed by atoms with Gasteiger partial charge in [-0.2, -0.15) is 0 Å². The fourth-order valence-electron chi connectivity index (χ4n) is 1.40. The van der Waals surface area contributed by atoms with Crippen molar-refractivity contribution in [1.82, 2.24) is 15.3 Å². The molecule has 6 heteroatoms. The summed E-state index contributed by atoms with van der Waals surface area (Å²) in [6, 6.07) is 6.93. The van der Waals surface area contributed by atoms with Gasteiger partial charge in [0, 0.05) is 12.4 Å². The van der Waals surface area contributed by atoms with Crippen LogP contribution in [0.3, 0.4) is 0 Å². The monoisotopic (exact) mass is 262 g/mol. The van der Waals surface area contributed by atoms with E-state index in [4.69, 9.17) is 17.3 Å². The van der Waals surface area contributed by atoms with Crippen molar-refractivity contribution in [2.24, 2.45) is 0 Å². The van der Waals surface area contributed by atoms with Crippen LogP contribution in [0.25, 0.3) is 0 Å². The van der Waals surface area contributed by atoms with E-state index in [0.717, 1.165) is 5.69 Å². The maximum absolute atomic E-state index is 11.9. The van der Waals surface area contributed by atoms with Crippen molar-refractivity contribution in [2.45, 2.75) is 6.54 Å². The first kappa shape index (κ1) is 12.3. The normalized spacial score (nSPS) is 10.1. The summed E-state index contributed by atoms with van der Waals surface area (Å²) >= 11 is 5.88. The summed E-state index contributed by atoms with van der Waals surface area (Å²) in [5, 5.41) is 2.98. The Morgan fingerprint density at radius 2 is 2.22 bits per heavy atom. The highest BCUT2D eigenvalue weighted by molar-refractivity contribution is 6.33. The topological polar surface area (TPSA) is 80.9 Å². The highest BCUT2D eigenvalue weighted by Crippen LogP contribution is 2.16. The Kier molecular flexibility index (Phi) is 3.74. The van der Waals surface area contributed by atoms with E-state index in [0.29, 0.717) is 12.1 Å². The molecule has 0 spiro atoms. The molecule has 0 aromatic carbocycles. The van der Waals surface area contributed by atoms with Crippen LogP contribution in [-0.2, 0) is 6.54 Å². The summed E-state index contributed by atoms with van der Waals surface area (Å²) in [6.07, 6.45) is 3.02. The number of pyridine rings is 2. The first-order valence-electron chi connectivity index (χ1n) is 5.26. The SMILES string of the molecule is Nc1cc(C(=O)NCc2ccccn2)c(Cl)cn1. The largest absolute Gasteiger partial charge is 0.384 e. The molecule has 2 aromatic rings. The molecule has 3 N–H and O–H groups in total. The van der Waals surface area contributed by atoms with Gasteiger partial charge >= 0.3 is 0 Å². The standard InChI is InChI=1S/C12H11ClN4O/c13-10-7-16-11(14)5-9(10)12(18)17-6-8-3-1-2-4-15-8/h1-5,7H,6H2,(H2,14,16)(H,17,18). The Morgan fingerprint density at radius 3 is 2.94 bits per heavy atom. The van der Waals surface area contributed by atoms with Crippen molar-refractivity contribution in [1.29, 1.82) is 0 Å². The van der Waals surface area contributed by atoms with Gasteiger partial charge in [0.25, 0.3) is 5.91 Å². The van der Waals surface area contributed by atoms with Crippen molar-refractivity contribution in [2.75, 3.05) is 5.73 Å². The van der Waals surface area contributed by atoms with E-state index in [1.54, 1.807) is 6.20 Å². The van der Waals surface area contributed by atoms with Gasteiger partial charge in [-0.25, -0.2) is 4.98 Å². The third-order valence-electron chi connectivity index (χ3n) is 2.28. The lowest BCUT2D eigenvalue weighted by molar-refractivity contribution is 0.0950. The van der Waals surface area contributed by atoms with Gasteiger partial charge in [-0.1, -0.05) is 17.7 Å². The average Bonchev–Trinajstić information content (AvgIpc) is 2.40. The third kappa shape index (κ3) is 2.95. The van der Waals surface area contributed by atoms with Crippen LogP contribution in [0.4, 0.5) is 5.82 Å². The van der Waals surface area contributed by atoms with Gasteiger partial charge in [0.2, 0.25) is 0 Å². The van der Waals surface area contributed by atoms with Crippen LogP contribution in [0.5, 0.6) is 0 Å². The van der Waals surface area contributed by atoms with Crippen LogP contribution < -0.4 is 11.1 Å². The van der Waals surface area contributed by atoms with E-state index < -0.39 is 0 Å². The fourth-order valence-corrected chi connectivity index (χ4v) is 1.59. The van der Waals surface area contributed by atoms with E-state index in [1.165, 1.54) is 12.3 Å². The van der Waals surface area contributed by atoms with Gasteiger partial charge in [0.05, 0.1) is 22.8 Å². The number of carbonyl (C=O) groups excluding carboxylic acids is 1. The molecule has 0 fully saturated rings. The van der Waals surface area contributed by atoms with Crippen LogP contribution in [0.15, 0.2) is 36.7 Å². The molecule has 0 aliphatic carbocycles. The minimum Gasteiger partial charge on any atom is -0.384 e. The zero-order valence-corrected chi connectivity index (χ0v) is 10.2. The molecule has 0 atom stereocenters. The second kappa shape index (κ2) is 5.46. The first-order chi connectivity index (χ1) is 8.66. The molecule has 2 rings (SSSR count). The van der Waals surface area contributed by atoms with Gasteiger partial charge in [-0.3, -0.25) is 9.78 Å². The highest BCUT2D eigenvalue weighted by atomic mass is 35.5. The molecule has 0 radical (unpaired) electrons. The van der Waals surface area contributed by atoms with Crippen molar-refractivity contribution < 1.29 is 4.79 Å². The van der Waals surface area contributed by atoms with Crippen LogP contribution in [0, 0.1) is 0 Å². The van der Waals surface area contributed by atoms with Gasteiger partial charge in [0.15, 0.2) is 0 Å². The number of nitrogens with two attached hydrogens (primary N) is 1. The number of hydrogen-bond donors (Lipinski definition) is 2. The molecule has 0 saturated heterocycles. The number of halogens is 1.